The SMILES string of the molecule is CCC(=O)Oc1ccc(/C=C(/C#N)c2ccccc2)cc1OC. The number of benzene rings is 2. The summed E-state index contributed by atoms with van der Waals surface area (Å²) in [6.07, 6.45) is 2.06. The van der Waals surface area contributed by atoms with E-state index in [4.69, 9.17) is 9.47 Å². The van der Waals surface area contributed by atoms with Gasteiger partial charge in [-0.2, -0.15) is 5.26 Å². The summed E-state index contributed by atoms with van der Waals surface area (Å²) >= 11 is 0. The Bertz CT molecular complexity index is 758. The third-order valence-electron chi connectivity index (χ3n) is 3.22. The van der Waals surface area contributed by atoms with E-state index in [1.54, 1.807) is 31.2 Å². The molecule has 0 saturated heterocycles. The smallest absolute Gasteiger partial charge is 0.311 e. The van der Waals surface area contributed by atoms with E-state index >= 15 is 0 Å². The number of methoxy groups -OCH3 is 1. The molecule has 0 aromatic heterocycles. The maximum absolute atomic E-state index is 11.4. The lowest BCUT2D eigenvalue weighted by atomic mass is 10.0. The van der Waals surface area contributed by atoms with E-state index in [0.717, 1.165) is 11.1 Å². The molecular weight excluding hydrogens is 290 g/mol. The van der Waals surface area contributed by atoms with Crippen LogP contribution in [-0.4, -0.2) is 13.1 Å². The van der Waals surface area contributed by atoms with Gasteiger partial charge >= 0.3 is 5.97 Å². The average Bonchev–Trinajstić information content (AvgIpc) is 2.61. The lowest BCUT2D eigenvalue weighted by Gasteiger charge is -2.09. The highest BCUT2D eigenvalue weighted by Gasteiger charge is 2.09. The molecule has 0 aliphatic heterocycles. The maximum atomic E-state index is 11.4. The van der Waals surface area contributed by atoms with Gasteiger partial charge in [-0.3, -0.25) is 4.79 Å². The van der Waals surface area contributed by atoms with Crippen molar-refractivity contribution in [2.24, 2.45) is 0 Å². The highest BCUT2D eigenvalue weighted by atomic mass is 16.6. The monoisotopic (exact) mass is 307 g/mol. The van der Waals surface area contributed by atoms with E-state index in [1.807, 2.05) is 30.3 Å². The Kier molecular flexibility index (Phi) is 5.54. The number of rotatable bonds is 5. The fourth-order valence-corrected chi connectivity index (χ4v) is 2.02. The van der Waals surface area contributed by atoms with Crippen molar-refractivity contribution >= 4 is 17.6 Å². The molecule has 23 heavy (non-hydrogen) atoms. The zero-order chi connectivity index (χ0) is 16.7. The van der Waals surface area contributed by atoms with Crippen molar-refractivity contribution in [2.75, 3.05) is 7.11 Å². The van der Waals surface area contributed by atoms with Crippen LogP contribution in [0.25, 0.3) is 11.6 Å². The summed E-state index contributed by atoms with van der Waals surface area (Å²) in [4.78, 5) is 11.4. The van der Waals surface area contributed by atoms with Gasteiger partial charge in [-0.05, 0) is 29.3 Å². The molecule has 2 aromatic rings. The van der Waals surface area contributed by atoms with E-state index < -0.39 is 0 Å². The third-order valence-corrected chi connectivity index (χ3v) is 3.22. The zero-order valence-corrected chi connectivity index (χ0v) is 13.1. The van der Waals surface area contributed by atoms with E-state index in [2.05, 4.69) is 6.07 Å². The molecule has 0 heterocycles. The summed E-state index contributed by atoms with van der Waals surface area (Å²) in [6.45, 7) is 1.73. The van der Waals surface area contributed by atoms with E-state index in [0.29, 0.717) is 17.1 Å². The number of nitrogens with zero attached hydrogens (tertiary/aromatic N) is 1. The van der Waals surface area contributed by atoms with Gasteiger partial charge in [-0.15, -0.1) is 0 Å². The lowest BCUT2D eigenvalue weighted by molar-refractivity contribution is -0.134. The summed E-state index contributed by atoms with van der Waals surface area (Å²) in [5.74, 6) is 0.495. The largest absolute Gasteiger partial charge is 0.493 e. The Morgan fingerprint density at radius 3 is 2.52 bits per heavy atom. The fourth-order valence-electron chi connectivity index (χ4n) is 2.02. The first-order chi connectivity index (χ1) is 11.2. The number of esters is 1. The molecule has 0 saturated carbocycles. The van der Waals surface area contributed by atoms with E-state index in [9.17, 15) is 10.1 Å². The Morgan fingerprint density at radius 2 is 1.91 bits per heavy atom. The summed E-state index contributed by atoms with van der Waals surface area (Å²) in [6, 6.07) is 16.8. The average molecular weight is 307 g/mol. The van der Waals surface area contributed by atoms with Gasteiger partial charge in [0, 0.05) is 6.42 Å². The Hall–Kier alpha value is -3.06. The zero-order valence-electron chi connectivity index (χ0n) is 13.1. The van der Waals surface area contributed by atoms with Crippen LogP contribution in [0.4, 0.5) is 0 Å². The quantitative estimate of drug-likeness (QED) is 0.361. The second-order valence-electron chi connectivity index (χ2n) is 4.77. The predicted molar refractivity (Wildman–Crippen MR) is 88.8 cm³/mol. The van der Waals surface area contributed by atoms with Gasteiger partial charge < -0.3 is 9.47 Å². The topological polar surface area (TPSA) is 59.3 Å². The predicted octanol–water partition coefficient (Wildman–Crippen LogP) is 4.07. The highest BCUT2D eigenvalue weighted by molar-refractivity contribution is 5.89. The van der Waals surface area contributed by atoms with Crippen LogP contribution >= 0.6 is 0 Å². The first-order valence-corrected chi connectivity index (χ1v) is 7.24. The number of carbonyl (C=O) groups is 1. The first kappa shape index (κ1) is 16.3. The van der Waals surface area contributed by atoms with Crippen molar-refractivity contribution in [1.29, 1.82) is 5.26 Å². The first-order valence-electron chi connectivity index (χ1n) is 7.24. The number of ether oxygens (including phenoxy) is 2. The van der Waals surface area contributed by atoms with Crippen LogP contribution in [0.1, 0.15) is 24.5 Å². The molecule has 0 amide bonds. The number of hydrogen-bond acceptors (Lipinski definition) is 4. The van der Waals surface area contributed by atoms with Gasteiger partial charge in [0.1, 0.15) is 0 Å². The second kappa shape index (κ2) is 7.81. The fraction of sp³-hybridized carbons (Fsp3) is 0.158. The molecule has 0 aliphatic carbocycles. The highest BCUT2D eigenvalue weighted by Crippen LogP contribution is 2.30. The normalized spacial score (nSPS) is 10.7. The molecular formula is C19H17NO3. The molecule has 0 atom stereocenters. The van der Waals surface area contributed by atoms with Crippen LogP contribution in [-0.2, 0) is 4.79 Å². The maximum Gasteiger partial charge on any atom is 0.311 e. The van der Waals surface area contributed by atoms with Gasteiger partial charge in [0.15, 0.2) is 11.5 Å². The molecule has 2 aromatic carbocycles. The van der Waals surface area contributed by atoms with Crippen LogP contribution in [0.3, 0.4) is 0 Å². The van der Waals surface area contributed by atoms with Crippen LogP contribution in [0.5, 0.6) is 11.5 Å². The molecule has 4 nitrogen and oxygen atoms in total. The summed E-state index contributed by atoms with van der Waals surface area (Å²) in [5, 5.41) is 9.35. The molecule has 0 N–H and O–H groups in total. The molecule has 0 radical (unpaired) electrons. The Morgan fingerprint density at radius 1 is 1.17 bits per heavy atom. The van der Waals surface area contributed by atoms with Crippen LogP contribution < -0.4 is 9.47 Å². The molecule has 0 unspecified atom stereocenters. The van der Waals surface area contributed by atoms with Gasteiger partial charge in [0.25, 0.3) is 0 Å². The minimum Gasteiger partial charge on any atom is -0.493 e. The molecule has 116 valence electrons. The van der Waals surface area contributed by atoms with Crippen molar-refractivity contribution in [3.63, 3.8) is 0 Å². The molecule has 2 rings (SSSR count). The van der Waals surface area contributed by atoms with Crippen LogP contribution in [0.15, 0.2) is 48.5 Å². The molecule has 0 spiro atoms. The number of allylic oxidation sites excluding steroid dienone is 1. The Balaban J connectivity index is 2.35. The summed E-state index contributed by atoms with van der Waals surface area (Å²) < 4.78 is 10.5. The molecule has 0 fully saturated rings. The second-order valence-corrected chi connectivity index (χ2v) is 4.77. The van der Waals surface area contributed by atoms with Gasteiger partial charge in [-0.1, -0.05) is 43.3 Å². The van der Waals surface area contributed by atoms with Gasteiger partial charge in [-0.25, -0.2) is 0 Å². The lowest BCUT2D eigenvalue weighted by Crippen LogP contribution is -2.06. The standard InChI is InChI=1S/C19H17NO3/c1-3-19(21)23-17-10-9-14(12-18(17)22-2)11-16(13-20)15-7-5-4-6-8-15/h4-12H,3H2,1-2H3/b16-11-. The van der Waals surface area contributed by atoms with Crippen molar-refractivity contribution in [3.8, 4) is 17.6 Å². The van der Waals surface area contributed by atoms with Crippen molar-refractivity contribution < 1.29 is 14.3 Å². The van der Waals surface area contributed by atoms with Crippen molar-refractivity contribution in [2.45, 2.75) is 13.3 Å². The number of carbonyl (C=O) groups excluding carboxylic acids is 1. The molecule has 4 heteroatoms. The van der Waals surface area contributed by atoms with Crippen molar-refractivity contribution in [3.05, 3.63) is 59.7 Å². The summed E-state index contributed by atoms with van der Waals surface area (Å²) in [5.41, 5.74) is 2.18. The number of hydrogen-bond donors (Lipinski definition) is 0. The molecule has 0 aliphatic rings. The van der Waals surface area contributed by atoms with Gasteiger partial charge in [0.2, 0.25) is 0 Å². The number of nitriles is 1. The van der Waals surface area contributed by atoms with Crippen LogP contribution in [0.2, 0.25) is 0 Å². The van der Waals surface area contributed by atoms with E-state index in [-0.39, 0.29) is 12.4 Å². The van der Waals surface area contributed by atoms with Crippen LogP contribution in [0, 0.1) is 11.3 Å². The van der Waals surface area contributed by atoms with Crippen molar-refractivity contribution in [1.82, 2.24) is 0 Å². The van der Waals surface area contributed by atoms with E-state index in [1.165, 1.54) is 7.11 Å². The molecule has 0 bridgehead atoms. The minimum atomic E-state index is -0.325. The Labute approximate surface area is 135 Å². The third kappa shape index (κ3) is 4.21. The minimum absolute atomic E-state index is 0.289. The van der Waals surface area contributed by atoms with Gasteiger partial charge in [0.05, 0.1) is 18.8 Å². The summed E-state index contributed by atoms with van der Waals surface area (Å²) in [7, 11) is 1.51.